The molecule has 0 aliphatic heterocycles. The topological polar surface area (TPSA) is 75.4 Å². The first-order valence-electron chi connectivity index (χ1n) is 10.2. The van der Waals surface area contributed by atoms with E-state index in [0.717, 1.165) is 17.7 Å². The molecule has 0 spiro atoms. The van der Waals surface area contributed by atoms with Gasteiger partial charge in [-0.1, -0.05) is 66.7 Å². The van der Waals surface area contributed by atoms with Gasteiger partial charge in [0.25, 0.3) is 0 Å². The van der Waals surface area contributed by atoms with Crippen molar-refractivity contribution in [3.63, 3.8) is 0 Å². The molecule has 3 aromatic carbocycles. The summed E-state index contributed by atoms with van der Waals surface area (Å²) in [6.07, 6.45) is -4.84. The summed E-state index contributed by atoms with van der Waals surface area (Å²) in [5.74, 6) is -1.02. The van der Waals surface area contributed by atoms with Crippen molar-refractivity contribution in [2.24, 2.45) is 5.73 Å². The van der Waals surface area contributed by atoms with Gasteiger partial charge in [0, 0.05) is 24.6 Å². The number of hydrogen-bond donors (Lipinski definition) is 3. The molecule has 0 saturated carbocycles. The second-order valence-electron chi connectivity index (χ2n) is 7.64. The number of hydrogen-bond acceptors (Lipinski definition) is 3. The van der Waals surface area contributed by atoms with Gasteiger partial charge in [0.15, 0.2) is 0 Å². The zero-order valence-corrected chi connectivity index (χ0v) is 17.3. The van der Waals surface area contributed by atoms with E-state index in [1.165, 1.54) is 6.07 Å². The van der Waals surface area contributed by atoms with Gasteiger partial charge in [0.1, 0.15) is 0 Å². The van der Waals surface area contributed by atoms with Gasteiger partial charge in [-0.25, -0.2) is 0 Å². The van der Waals surface area contributed by atoms with Gasteiger partial charge in [-0.3, -0.25) is 4.79 Å². The van der Waals surface area contributed by atoms with Crippen molar-refractivity contribution in [1.29, 1.82) is 0 Å². The van der Waals surface area contributed by atoms with Crippen LogP contribution in [0.25, 0.3) is 0 Å². The smallest absolute Gasteiger partial charge is 0.391 e. The molecule has 7 heteroatoms. The lowest BCUT2D eigenvalue weighted by molar-refractivity contribution is -0.137. The molecule has 4 nitrogen and oxygen atoms in total. The third-order valence-electron chi connectivity index (χ3n) is 5.33. The maximum absolute atomic E-state index is 12.9. The van der Waals surface area contributed by atoms with Gasteiger partial charge >= 0.3 is 6.18 Å². The van der Waals surface area contributed by atoms with E-state index in [4.69, 9.17) is 5.73 Å². The highest BCUT2D eigenvalue weighted by Crippen LogP contribution is 2.30. The van der Waals surface area contributed by atoms with Crippen LogP contribution in [0.5, 0.6) is 0 Å². The number of nitrogens with one attached hydrogen (secondary N) is 1. The molecule has 0 heterocycles. The number of primary amides is 1. The van der Waals surface area contributed by atoms with Crippen LogP contribution in [0, 0.1) is 0 Å². The molecule has 0 radical (unpaired) electrons. The second-order valence-corrected chi connectivity index (χ2v) is 7.64. The Labute approximate surface area is 184 Å². The molecule has 0 fully saturated rings. The molecule has 0 bridgehead atoms. The van der Waals surface area contributed by atoms with Crippen molar-refractivity contribution in [2.75, 3.05) is 6.54 Å². The number of alkyl halides is 3. The minimum Gasteiger partial charge on any atom is -0.391 e. The predicted molar refractivity (Wildman–Crippen MR) is 117 cm³/mol. The van der Waals surface area contributed by atoms with Gasteiger partial charge in [-0.15, -0.1) is 0 Å². The van der Waals surface area contributed by atoms with Gasteiger partial charge < -0.3 is 16.2 Å². The number of amides is 1. The number of halogens is 3. The van der Waals surface area contributed by atoms with Crippen molar-refractivity contribution in [1.82, 2.24) is 5.32 Å². The van der Waals surface area contributed by atoms with Gasteiger partial charge in [-0.2, -0.15) is 13.2 Å². The lowest BCUT2D eigenvalue weighted by Crippen LogP contribution is -2.33. The Kier molecular flexibility index (Phi) is 7.66. The van der Waals surface area contributed by atoms with E-state index in [1.54, 1.807) is 30.3 Å². The summed E-state index contributed by atoms with van der Waals surface area (Å²) >= 11 is 0. The lowest BCUT2D eigenvalue weighted by Gasteiger charge is -2.25. The third-order valence-corrected chi connectivity index (χ3v) is 5.33. The zero-order chi connectivity index (χ0) is 23.1. The van der Waals surface area contributed by atoms with E-state index in [1.807, 2.05) is 30.3 Å². The molecule has 3 aromatic rings. The van der Waals surface area contributed by atoms with Crippen molar-refractivity contribution in [3.8, 4) is 0 Å². The largest absolute Gasteiger partial charge is 0.416 e. The van der Waals surface area contributed by atoms with Gasteiger partial charge in [0.05, 0.1) is 11.7 Å². The van der Waals surface area contributed by atoms with Crippen LogP contribution in [0.3, 0.4) is 0 Å². The highest BCUT2D eigenvalue weighted by Gasteiger charge is 2.30. The van der Waals surface area contributed by atoms with Crippen LogP contribution in [-0.2, 0) is 19.1 Å². The summed E-state index contributed by atoms with van der Waals surface area (Å²) in [7, 11) is 0. The summed E-state index contributed by atoms with van der Waals surface area (Å²) in [6.45, 7) is 0.289. The number of nitrogens with two attached hydrogens (primary N) is 1. The highest BCUT2D eigenvalue weighted by molar-refractivity contribution is 5.94. The number of carbonyl (C=O) groups excluding carboxylic acids is 1. The number of benzene rings is 3. The Bertz CT molecular complexity index is 1040. The van der Waals surface area contributed by atoms with Crippen LogP contribution >= 0.6 is 0 Å². The first-order chi connectivity index (χ1) is 15.3. The molecule has 168 valence electrons. The zero-order valence-electron chi connectivity index (χ0n) is 17.3. The Morgan fingerprint density at radius 3 is 2.28 bits per heavy atom. The van der Waals surface area contributed by atoms with Crippen molar-refractivity contribution >= 4 is 5.91 Å². The summed E-state index contributed by atoms with van der Waals surface area (Å²) < 4.78 is 38.8. The second kappa shape index (κ2) is 10.4. The standard InChI is InChI=1S/C25H25F3N2O2/c26-25(27,28)19-10-6-9-18(13-19)15-30-16-23(31)22(14-17-7-2-1-3-8-17)20-11-4-5-12-21(20)24(29)32/h1-13,22-23,30-31H,14-16H2,(H2,29,32)/t22-,23-/m0/s1. The fourth-order valence-electron chi connectivity index (χ4n) is 3.73. The summed E-state index contributed by atoms with van der Waals surface area (Å²) in [5, 5.41) is 14.0. The van der Waals surface area contributed by atoms with E-state index >= 15 is 0 Å². The summed E-state index contributed by atoms with van der Waals surface area (Å²) in [4.78, 5) is 11.9. The molecule has 0 unspecified atom stereocenters. The van der Waals surface area contributed by atoms with Crippen molar-refractivity contribution < 1.29 is 23.1 Å². The molecule has 1 amide bonds. The van der Waals surface area contributed by atoms with E-state index in [0.29, 0.717) is 23.1 Å². The Morgan fingerprint density at radius 2 is 1.59 bits per heavy atom. The molecule has 0 aliphatic carbocycles. The number of aliphatic hydroxyl groups is 1. The Hall–Kier alpha value is -3.16. The van der Waals surface area contributed by atoms with Crippen LogP contribution in [0.4, 0.5) is 13.2 Å². The molecular weight excluding hydrogens is 417 g/mol. The fourth-order valence-corrected chi connectivity index (χ4v) is 3.73. The van der Waals surface area contributed by atoms with Crippen molar-refractivity contribution in [3.05, 3.63) is 107 Å². The van der Waals surface area contributed by atoms with E-state index < -0.39 is 29.7 Å². The molecule has 0 aromatic heterocycles. The first-order valence-corrected chi connectivity index (χ1v) is 10.2. The minimum atomic E-state index is -4.41. The summed E-state index contributed by atoms with van der Waals surface area (Å²) in [5.41, 5.74) is 7.25. The van der Waals surface area contributed by atoms with Crippen LogP contribution in [-0.4, -0.2) is 23.7 Å². The normalized spacial score (nSPS) is 13.5. The Morgan fingerprint density at radius 1 is 0.938 bits per heavy atom. The first kappa shape index (κ1) is 23.5. The minimum absolute atomic E-state index is 0.126. The average Bonchev–Trinajstić information content (AvgIpc) is 2.77. The van der Waals surface area contributed by atoms with E-state index in [2.05, 4.69) is 5.32 Å². The molecule has 2 atom stereocenters. The number of rotatable bonds is 9. The maximum Gasteiger partial charge on any atom is 0.416 e. The summed E-state index contributed by atoms with van der Waals surface area (Å²) in [6, 6.07) is 21.5. The average molecular weight is 442 g/mol. The van der Waals surface area contributed by atoms with Crippen molar-refractivity contribution in [2.45, 2.75) is 31.2 Å². The SMILES string of the molecule is NC(=O)c1ccccc1[C@H](Cc1ccccc1)[C@@H](O)CNCc1cccc(C(F)(F)F)c1. The predicted octanol–water partition coefficient (Wildman–Crippen LogP) is 4.28. The quantitative estimate of drug-likeness (QED) is 0.463. The fraction of sp³-hybridized carbons (Fsp3) is 0.240. The third kappa shape index (κ3) is 6.18. The molecule has 4 N–H and O–H groups in total. The monoisotopic (exact) mass is 442 g/mol. The van der Waals surface area contributed by atoms with Crippen LogP contribution < -0.4 is 11.1 Å². The molecular formula is C25H25F3N2O2. The van der Waals surface area contributed by atoms with E-state index in [-0.39, 0.29) is 13.1 Å². The van der Waals surface area contributed by atoms with Crippen LogP contribution in [0.15, 0.2) is 78.9 Å². The maximum atomic E-state index is 12.9. The Balaban J connectivity index is 1.76. The van der Waals surface area contributed by atoms with Gasteiger partial charge in [-0.05, 0) is 35.2 Å². The van der Waals surface area contributed by atoms with Crippen LogP contribution in [0.2, 0.25) is 0 Å². The number of carbonyl (C=O) groups is 1. The van der Waals surface area contributed by atoms with Crippen LogP contribution in [0.1, 0.15) is 38.5 Å². The highest BCUT2D eigenvalue weighted by atomic mass is 19.4. The molecule has 3 rings (SSSR count). The molecule has 32 heavy (non-hydrogen) atoms. The van der Waals surface area contributed by atoms with E-state index in [9.17, 15) is 23.1 Å². The molecule has 0 aliphatic rings. The molecule has 0 saturated heterocycles. The number of aliphatic hydroxyl groups excluding tert-OH is 1. The lowest BCUT2D eigenvalue weighted by atomic mass is 9.84. The van der Waals surface area contributed by atoms with Gasteiger partial charge in [0.2, 0.25) is 5.91 Å².